The number of nitrogens with zero attached hydrogens (tertiary/aromatic N) is 1. The highest BCUT2D eigenvalue weighted by atomic mass is 35.5. The van der Waals surface area contributed by atoms with E-state index in [0.29, 0.717) is 16.9 Å². The molecule has 0 atom stereocenters. The van der Waals surface area contributed by atoms with Gasteiger partial charge in [0.05, 0.1) is 23.3 Å². The molecule has 0 amide bonds. The second-order valence-corrected chi connectivity index (χ2v) is 9.80. The minimum atomic E-state index is -3.92. The Bertz CT molecular complexity index is 1440. The Kier molecular flexibility index (Phi) is 7.44. The summed E-state index contributed by atoms with van der Waals surface area (Å²) in [6, 6.07) is 9.52. The highest BCUT2D eigenvalue weighted by Gasteiger charge is 2.20. The van der Waals surface area contributed by atoms with Crippen LogP contribution in [0.1, 0.15) is 27.2 Å². The molecule has 3 rings (SSSR count). The van der Waals surface area contributed by atoms with Gasteiger partial charge in [-0.2, -0.15) is 0 Å². The molecule has 11 heteroatoms. The molecule has 0 spiro atoms. The predicted molar refractivity (Wildman–Crippen MR) is 125 cm³/mol. The van der Waals surface area contributed by atoms with Gasteiger partial charge in [0.15, 0.2) is 9.84 Å². The normalized spacial score (nSPS) is 11.4. The molecule has 0 saturated carbocycles. The number of rotatable bonds is 7. The number of sulfone groups is 1. The Morgan fingerprint density at radius 3 is 2.50 bits per heavy atom. The molecule has 0 radical (unpaired) electrons. The zero-order chi connectivity index (χ0) is 25.2. The molecule has 0 aliphatic carbocycles. The van der Waals surface area contributed by atoms with Gasteiger partial charge in [-0.25, -0.2) is 17.6 Å². The van der Waals surface area contributed by atoms with E-state index in [-0.39, 0.29) is 33.4 Å². The van der Waals surface area contributed by atoms with Gasteiger partial charge in [0.1, 0.15) is 29.1 Å². The number of aromatic nitrogens is 1. The second-order valence-electron chi connectivity index (χ2n) is 7.42. The number of methoxy groups -OCH3 is 1. The molecule has 3 aromatic rings. The number of carbonyl (C=O) groups excluding carboxylic acids is 1. The van der Waals surface area contributed by atoms with Crippen molar-refractivity contribution in [1.82, 2.24) is 4.57 Å². The molecule has 0 bridgehead atoms. The lowest BCUT2D eigenvalue weighted by molar-refractivity contribution is 0.0600. The molecule has 1 heterocycles. The fraction of sp³-hybridized carbons (Fsp3) is 0.217. The van der Waals surface area contributed by atoms with Gasteiger partial charge < -0.3 is 15.2 Å². The third kappa shape index (κ3) is 4.98. The third-order valence-electron chi connectivity index (χ3n) is 5.14. The van der Waals surface area contributed by atoms with Gasteiger partial charge in [0, 0.05) is 17.3 Å². The first-order chi connectivity index (χ1) is 16.0. The Hall–Kier alpha value is -3.21. The third-order valence-corrected chi connectivity index (χ3v) is 6.97. The molecule has 34 heavy (non-hydrogen) atoms. The summed E-state index contributed by atoms with van der Waals surface area (Å²) in [5.74, 6) is -1.98. The SMILES string of the molecule is COC(=O)c1ccc(C)c(-n2c(C)cc(OCc3ccc(F)cc3S(=O)(=O)CN)c(Cl)c2=O)c1. The smallest absolute Gasteiger partial charge is 0.337 e. The number of pyridine rings is 1. The molecule has 8 nitrogen and oxygen atoms in total. The number of nitrogens with two attached hydrogens (primary N) is 1. The van der Waals surface area contributed by atoms with E-state index >= 15 is 0 Å². The van der Waals surface area contributed by atoms with E-state index in [4.69, 9.17) is 26.8 Å². The number of ether oxygens (including phenoxy) is 2. The zero-order valence-corrected chi connectivity index (χ0v) is 20.2. The summed E-state index contributed by atoms with van der Waals surface area (Å²) in [5, 5.41) is -0.251. The van der Waals surface area contributed by atoms with Crippen LogP contribution in [0.4, 0.5) is 4.39 Å². The molecule has 0 unspecified atom stereocenters. The molecule has 2 N–H and O–H groups in total. The van der Waals surface area contributed by atoms with E-state index in [1.807, 2.05) is 0 Å². The molecular weight excluding hydrogens is 487 g/mol. The van der Waals surface area contributed by atoms with Crippen LogP contribution < -0.4 is 16.0 Å². The lowest BCUT2D eigenvalue weighted by Crippen LogP contribution is -2.23. The fourth-order valence-electron chi connectivity index (χ4n) is 3.36. The number of carbonyl (C=O) groups is 1. The predicted octanol–water partition coefficient (Wildman–Crippen LogP) is 3.30. The van der Waals surface area contributed by atoms with Crippen molar-refractivity contribution >= 4 is 27.4 Å². The van der Waals surface area contributed by atoms with E-state index in [1.54, 1.807) is 26.0 Å². The first-order valence-corrected chi connectivity index (χ1v) is 12.0. The van der Waals surface area contributed by atoms with E-state index in [0.717, 1.165) is 12.1 Å². The highest BCUT2D eigenvalue weighted by molar-refractivity contribution is 7.91. The van der Waals surface area contributed by atoms with Crippen LogP contribution in [-0.2, 0) is 21.2 Å². The van der Waals surface area contributed by atoms with E-state index in [2.05, 4.69) is 0 Å². The maximum Gasteiger partial charge on any atom is 0.337 e. The average molecular weight is 509 g/mol. The monoisotopic (exact) mass is 508 g/mol. The second kappa shape index (κ2) is 9.96. The van der Waals surface area contributed by atoms with Crippen molar-refractivity contribution in [1.29, 1.82) is 0 Å². The summed E-state index contributed by atoms with van der Waals surface area (Å²) < 4.78 is 49.8. The van der Waals surface area contributed by atoms with Gasteiger partial charge in [-0.15, -0.1) is 0 Å². The van der Waals surface area contributed by atoms with Crippen molar-refractivity contribution in [3.05, 3.63) is 86.0 Å². The largest absolute Gasteiger partial charge is 0.487 e. The summed E-state index contributed by atoms with van der Waals surface area (Å²) in [6.45, 7) is 3.12. The number of benzene rings is 2. The fourth-order valence-corrected chi connectivity index (χ4v) is 4.56. The van der Waals surface area contributed by atoms with Gasteiger partial charge in [-0.05, 0) is 43.7 Å². The molecular formula is C23H22ClFN2O6S. The van der Waals surface area contributed by atoms with Gasteiger partial charge in [0.2, 0.25) is 0 Å². The Morgan fingerprint density at radius 1 is 1.15 bits per heavy atom. The summed E-state index contributed by atoms with van der Waals surface area (Å²) >= 11 is 6.30. The summed E-state index contributed by atoms with van der Waals surface area (Å²) in [4.78, 5) is 24.7. The van der Waals surface area contributed by atoms with Crippen molar-refractivity contribution in [3.63, 3.8) is 0 Å². The number of hydrogen-bond acceptors (Lipinski definition) is 7. The van der Waals surface area contributed by atoms with E-state index in [9.17, 15) is 22.4 Å². The Morgan fingerprint density at radius 2 is 1.85 bits per heavy atom. The van der Waals surface area contributed by atoms with Crippen LogP contribution >= 0.6 is 11.6 Å². The van der Waals surface area contributed by atoms with E-state index in [1.165, 1.54) is 29.9 Å². The molecule has 0 saturated heterocycles. The van der Waals surface area contributed by atoms with Crippen LogP contribution in [0.5, 0.6) is 5.75 Å². The van der Waals surface area contributed by atoms with Gasteiger partial charge >= 0.3 is 5.97 Å². The summed E-state index contributed by atoms with van der Waals surface area (Å²) in [7, 11) is -2.66. The Labute approximate surface area is 200 Å². The number of aryl methyl sites for hydroxylation is 2. The minimum absolute atomic E-state index is 0.0163. The topological polar surface area (TPSA) is 118 Å². The average Bonchev–Trinajstić information content (AvgIpc) is 2.81. The van der Waals surface area contributed by atoms with Crippen LogP contribution in [0.2, 0.25) is 5.02 Å². The van der Waals surface area contributed by atoms with Crippen molar-refractivity contribution in [2.75, 3.05) is 13.0 Å². The van der Waals surface area contributed by atoms with Crippen LogP contribution in [0.15, 0.2) is 52.2 Å². The van der Waals surface area contributed by atoms with Gasteiger partial charge in [0.25, 0.3) is 5.56 Å². The maximum absolute atomic E-state index is 13.6. The first kappa shape index (κ1) is 25.4. The van der Waals surface area contributed by atoms with Crippen molar-refractivity contribution < 1.29 is 27.1 Å². The number of esters is 1. The molecule has 2 aromatic carbocycles. The number of hydrogen-bond donors (Lipinski definition) is 1. The molecule has 0 aliphatic rings. The quantitative estimate of drug-likeness (QED) is 0.486. The molecule has 0 fully saturated rings. The minimum Gasteiger partial charge on any atom is -0.487 e. The zero-order valence-electron chi connectivity index (χ0n) is 18.6. The molecule has 0 aliphatic heterocycles. The molecule has 180 valence electrons. The standard InChI is InChI=1S/C23H22ClFN2O6S/c1-13-4-5-15(23(29)32-3)9-18(13)27-14(2)8-19(21(24)22(27)28)33-11-16-6-7-17(25)10-20(16)34(30,31)12-26/h4-10H,11-12,26H2,1-3H3. The first-order valence-electron chi connectivity index (χ1n) is 9.95. The van der Waals surface area contributed by atoms with Crippen molar-refractivity contribution in [2.45, 2.75) is 25.3 Å². The number of halogens is 2. The molecule has 1 aromatic heterocycles. The van der Waals surface area contributed by atoms with Gasteiger partial charge in [-0.1, -0.05) is 23.7 Å². The highest BCUT2D eigenvalue weighted by Crippen LogP contribution is 2.27. The van der Waals surface area contributed by atoms with Crippen molar-refractivity contribution in [3.8, 4) is 11.4 Å². The summed E-state index contributed by atoms with van der Waals surface area (Å²) in [5.41, 5.74) is 6.72. The summed E-state index contributed by atoms with van der Waals surface area (Å²) in [6.07, 6.45) is 0. The van der Waals surface area contributed by atoms with Crippen LogP contribution in [0.25, 0.3) is 5.69 Å². The Balaban J connectivity index is 2.02. The van der Waals surface area contributed by atoms with Crippen LogP contribution in [0, 0.1) is 19.7 Å². The lowest BCUT2D eigenvalue weighted by Gasteiger charge is -2.17. The maximum atomic E-state index is 13.6. The van der Waals surface area contributed by atoms with Crippen LogP contribution in [-0.4, -0.2) is 31.9 Å². The van der Waals surface area contributed by atoms with E-state index < -0.39 is 33.1 Å². The lowest BCUT2D eigenvalue weighted by atomic mass is 10.1. The van der Waals surface area contributed by atoms with Crippen LogP contribution in [0.3, 0.4) is 0 Å². The van der Waals surface area contributed by atoms with Crippen molar-refractivity contribution in [2.24, 2.45) is 5.73 Å². The van der Waals surface area contributed by atoms with Gasteiger partial charge in [-0.3, -0.25) is 9.36 Å².